The molecule has 0 atom stereocenters. The van der Waals surface area contributed by atoms with Gasteiger partial charge < -0.3 is 5.11 Å². The molecule has 19 heavy (non-hydrogen) atoms. The van der Waals surface area contributed by atoms with Crippen LogP contribution in [-0.2, 0) is 11.2 Å². The van der Waals surface area contributed by atoms with Crippen LogP contribution in [0.15, 0.2) is 24.3 Å². The number of benzene rings is 1. The molecule has 0 unspecified atom stereocenters. The Kier molecular flexibility index (Phi) is 3.66. The summed E-state index contributed by atoms with van der Waals surface area (Å²) < 4.78 is 12.9. The molecule has 1 aliphatic rings. The van der Waals surface area contributed by atoms with Crippen molar-refractivity contribution < 1.29 is 14.3 Å². The highest BCUT2D eigenvalue weighted by Gasteiger charge is 2.43. The van der Waals surface area contributed by atoms with Crippen molar-refractivity contribution in [2.75, 3.05) is 0 Å². The Hall–Kier alpha value is -1.38. The zero-order chi connectivity index (χ0) is 14.1. The highest BCUT2D eigenvalue weighted by atomic mass is 19.1. The van der Waals surface area contributed by atoms with Crippen molar-refractivity contribution >= 4 is 5.97 Å². The smallest absolute Gasteiger partial charge is 0.309 e. The molecular weight excluding hydrogens is 243 g/mol. The van der Waals surface area contributed by atoms with Crippen LogP contribution in [0, 0.1) is 16.6 Å². The fourth-order valence-corrected chi connectivity index (χ4v) is 2.86. The van der Waals surface area contributed by atoms with E-state index in [-0.39, 0.29) is 11.2 Å². The molecule has 3 heteroatoms. The molecule has 1 aromatic rings. The summed E-state index contributed by atoms with van der Waals surface area (Å²) in [6.45, 7) is 4.38. The van der Waals surface area contributed by atoms with Gasteiger partial charge in [0.05, 0.1) is 5.41 Å². The van der Waals surface area contributed by atoms with Crippen molar-refractivity contribution in [3.63, 3.8) is 0 Å². The van der Waals surface area contributed by atoms with Crippen LogP contribution in [0.1, 0.15) is 45.1 Å². The molecule has 1 aliphatic carbocycles. The lowest BCUT2D eigenvalue weighted by Crippen LogP contribution is -2.39. The minimum atomic E-state index is -0.715. The van der Waals surface area contributed by atoms with E-state index < -0.39 is 11.4 Å². The second-order valence-electron chi connectivity index (χ2n) is 6.55. The third-order valence-electron chi connectivity index (χ3n) is 4.47. The van der Waals surface area contributed by atoms with Crippen LogP contribution < -0.4 is 0 Å². The van der Waals surface area contributed by atoms with Crippen LogP contribution in [0.25, 0.3) is 0 Å². The Morgan fingerprint density at radius 2 is 1.68 bits per heavy atom. The predicted octanol–water partition coefficient (Wildman–Crippen LogP) is 4.04. The normalized spacial score (nSPS) is 21.0. The maximum absolute atomic E-state index is 12.9. The summed E-state index contributed by atoms with van der Waals surface area (Å²) in [5, 5.41) is 9.60. The van der Waals surface area contributed by atoms with Gasteiger partial charge in [0.25, 0.3) is 0 Å². The second-order valence-corrected chi connectivity index (χ2v) is 6.55. The van der Waals surface area contributed by atoms with Gasteiger partial charge in [0.2, 0.25) is 0 Å². The molecule has 0 bridgehead atoms. The minimum Gasteiger partial charge on any atom is -0.481 e. The summed E-state index contributed by atoms with van der Waals surface area (Å²) in [7, 11) is 0. The molecule has 0 amide bonds. The van der Waals surface area contributed by atoms with E-state index in [4.69, 9.17) is 0 Å². The van der Waals surface area contributed by atoms with E-state index in [1.165, 1.54) is 12.1 Å². The minimum absolute atomic E-state index is 0.238. The van der Waals surface area contributed by atoms with E-state index in [0.717, 1.165) is 18.4 Å². The number of hydrogen-bond acceptors (Lipinski definition) is 1. The molecule has 2 nitrogen and oxygen atoms in total. The van der Waals surface area contributed by atoms with Crippen molar-refractivity contribution in [2.24, 2.45) is 10.8 Å². The number of halogens is 1. The van der Waals surface area contributed by atoms with E-state index in [0.29, 0.717) is 19.3 Å². The quantitative estimate of drug-likeness (QED) is 0.894. The van der Waals surface area contributed by atoms with Gasteiger partial charge in [-0.25, -0.2) is 4.39 Å². The Balaban J connectivity index is 2.17. The van der Waals surface area contributed by atoms with Crippen LogP contribution in [0.3, 0.4) is 0 Å². The van der Waals surface area contributed by atoms with Gasteiger partial charge in [-0.3, -0.25) is 4.79 Å². The lowest BCUT2D eigenvalue weighted by atomic mass is 9.63. The molecule has 0 spiro atoms. The maximum Gasteiger partial charge on any atom is 0.309 e. The van der Waals surface area contributed by atoms with E-state index in [2.05, 4.69) is 13.8 Å². The van der Waals surface area contributed by atoms with Gasteiger partial charge >= 0.3 is 5.97 Å². The maximum atomic E-state index is 12.9. The third kappa shape index (κ3) is 3.14. The molecule has 1 N–H and O–H groups in total. The second kappa shape index (κ2) is 4.95. The van der Waals surface area contributed by atoms with Gasteiger partial charge in [0, 0.05) is 0 Å². The number of aliphatic carboxylic acids is 1. The molecule has 1 fully saturated rings. The largest absolute Gasteiger partial charge is 0.481 e. The SMILES string of the molecule is CC1(C)CCC(Cc2ccc(F)cc2)(C(=O)O)CC1. The van der Waals surface area contributed by atoms with Crippen LogP contribution in [0.2, 0.25) is 0 Å². The van der Waals surface area contributed by atoms with E-state index in [1.807, 2.05) is 0 Å². The number of hydrogen-bond donors (Lipinski definition) is 1. The Labute approximate surface area is 113 Å². The first-order chi connectivity index (χ1) is 8.83. The first-order valence-electron chi connectivity index (χ1n) is 6.81. The summed E-state index contributed by atoms with van der Waals surface area (Å²) in [5.74, 6) is -0.995. The van der Waals surface area contributed by atoms with Crippen molar-refractivity contribution in [3.8, 4) is 0 Å². The summed E-state index contributed by atoms with van der Waals surface area (Å²) in [6.07, 6.45) is 3.76. The number of carboxylic acid groups (broad SMARTS) is 1. The van der Waals surface area contributed by atoms with Crippen LogP contribution >= 0.6 is 0 Å². The fraction of sp³-hybridized carbons (Fsp3) is 0.562. The van der Waals surface area contributed by atoms with Crippen molar-refractivity contribution in [1.29, 1.82) is 0 Å². The average molecular weight is 264 g/mol. The van der Waals surface area contributed by atoms with Gasteiger partial charge in [0.15, 0.2) is 0 Å². The van der Waals surface area contributed by atoms with Gasteiger partial charge in [-0.15, -0.1) is 0 Å². The number of carbonyl (C=O) groups is 1. The molecule has 104 valence electrons. The van der Waals surface area contributed by atoms with Crippen LogP contribution in [0.5, 0.6) is 0 Å². The van der Waals surface area contributed by atoms with Crippen LogP contribution in [0.4, 0.5) is 4.39 Å². The molecule has 0 heterocycles. The molecule has 0 aromatic heterocycles. The van der Waals surface area contributed by atoms with Crippen molar-refractivity contribution in [1.82, 2.24) is 0 Å². The van der Waals surface area contributed by atoms with Gasteiger partial charge in [0.1, 0.15) is 5.82 Å². The topological polar surface area (TPSA) is 37.3 Å². The molecule has 0 saturated heterocycles. The molecular formula is C16H21FO2. The Morgan fingerprint density at radius 1 is 1.16 bits per heavy atom. The summed E-state index contributed by atoms with van der Waals surface area (Å²) >= 11 is 0. The lowest BCUT2D eigenvalue weighted by Gasteiger charge is -2.41. The van der Waals surface area contributed by atoms with Crippen LogP contribution in [-0.4, -0.2) is 11.1 Å². The van der Waals surface area contributed by atoms with Gasteiger partial charge in [-0.05, 0) is 55.2 Å². The Morgan fingerprint density at radius 3 is 2.16 bits per heavy atom. The standard InChI is InChI=1S/C16H21FO2/c1-15(2)7-9-16(10-8-15,14(18)19)11-12-3-5-13(17)6-4-12/h3-6H,7-11H2,1-2H3,(H,18,19). The molecule has 2 rings (SSSR count). The summed E-state index contributed by atoms with van der Waals surface area (Å²) in [5.41, 5.74) is 0.471. The zero-order valence-corrected chi connectivity index (χ0v) is 11.6. The molecule has 0 radical (unpaired) electrons. The van der Waals surface area contributed by atoms with E-state index in [1.54, 1.807) is 12.1 Å². The van der Waals surface area contributed by atoms with Gasteiger partial charge in [-0.2, -0.15) is 0 Å². The third-order valence-corrected chi connectivity index (χ3v) is 4.47. The van der Waals surface area contributed by atoms with E-state index in [9.17, 15) is 14.3 Å². The molecule has 1 aromatic carbocycles. The van der Waals surface area contributed by atoms with Gasteiger partial charge in [-0.1, -0.05) is 26.0 Å². The number of carboxylic acids is 1. The first-order valence-corrected chi connectivity index (χ1v) is 6.81. The van der Waals surface area contributed by atoms with E-state index >= 15 is 0 Å². The average Bonchev–Trinajstić information content (AvgIpc) is 2.35. The molecule has 0 aliphatic heterocycles. The van der Waals surface area contributed by atoms with Crippen molar-refractivity contribution in [2.45, 2.75) is 46.0 Å². The summed E-state index contributed by atoms with van der Waals surface area (Å²) in [4.78, 5) is 11.7. The highest BCUT2D eigenvalue weighted by molar-refractivity contribution is 5.75. The predicted molar refractivity (Wildman–Crippen MR) is 72.4 cm³/mol. The monoisotopic (exact) mass is 264 g/mol. The Bertz CT molecular complexity index is 452. The molecule has 1 saturated carbocycles. The van der Waals surface area contributed by atoms with Crippen molar-refractivity contribution in [3.05, 3.63) is 35.6 Å². The summed E-state index contributed by atoms with van der Waals surface area (Å²) in [6, 6.07) is 6.19. The first kappa shape index (κ1) is 14.0. The lowest BCUT2D eigenvalue weighted by molar-refractivity contribution is -0.152. The number of rotatable bonds is 3. The zero-order valence-electron chi connectivity index (χ0n) is 11.6. The fourth-order valence-electron chi connectivity index (χ4n) is 2.86. The highest BCUT2D eigenvalue weighted by Crippen LogP contribution is 2.46.